The Morgan fingerprint density at radius 2 is 1.57 bits per heavy atom. The molecule has 0 saturated carbocycles. The summed E-state index contributed by atoms with van der Waals surface area (Å²) in [5.41, 5.74) is 2.17. The minimum atomic E-state index is -4.18. The molecule has 3 rings (SSSR count). The van der Waals surface area contributed by atoms with Crippen LogP contribution in [0.3, 0.4) is 0 Å². The maximum Gasteiger partial charge on any atom is 0.264 e. The average Bonchev–Trinajstić information content (AvgIpc) is 2.94. The SMILES string of the molecule is CCCNC(=O)C(C)N(Cc1ccc(C)cc1)C(=O)CN(c1ccc(OCC)cc1)S(=O)(=O)c1ccc(Cl)cc1. The number of sulfonamides is 1. The van der Waals surface area contributed by atoms with E-state index in [1.807, 2.05) is 45.0 Å². The second-order valence-electron chi connectivity index (χ2n) is 9.37. The molecule has 3 aromatic carbocycles. The Kier molecular flexibility index (Phi) is 11.0. The summed E-state index contributed by atoms with van der Waals surface area (Å²) in [5, 5.41) is 3.22. The first-order valence-corrected chi connectivity index (χ1v) is 15.0. The maximum atomic E-state index is 13.9. The summed E-state index contributed by atoms with van der Waals surface area (Å²) in [4.78, 5) is 28.2. The fourth-order valence-corrected chi connectivity index (χ4v) is 5.55. The largest absolute Gasteiger partial charge is 0.494 e. The lowest BCUT2D eigenvalue weighted by atomic mass is 10.1. The first-order chi connectivity index (χ1) is 19.1. The Labute approximate surface area is 241 Å². The van der Waals surface area contributed by atoms with E-state index in [1.165, 1.54) is 29.2 Å². The van der Waals surface area contributed by atoms with E-state index < -0.39 is 28.5 Å². The molecule has 1 N–H and O–H groups in total. The highest BCUT2D eigenvalue weighted by Crippen LogP contribution is 2.27. The van der Waals surface area contributed by atoms with Crippen LogP contribution in [0.25, 0.3) is 0 Å². The van der Waals surface area contributed by atoms with Crippen LogP contribution in [-0.2, 0) is 26.2 Å². The van der Waals surface area contributed by atoms with Crippen LogP contribution in [-0.4, -0.2) is 50.9 Å². The molecule has 1 unspecified atom stereocenters. The number of hydrogen-bond donors (Lipinski definition) is 1. The van der Waals surface area contributed by atoms with E-state index in [0.29, 0.717) is 23.9 Å². The molecule has 214 valence electrons. The van der Waals surface area contributed by atoms with Crippen LogP contribution in [0.2, 0.25) is 5.02 Å². The smallest absolute Gasteiger partial charge is 0.264 e. The van der Waals surface area contributed by atoms with Crippen LogP contribution in [0.4, 0.5) is 5.69 Å². The predicted octanol–water partition coefficient (Wildman–Crippen LogP) is 5.19. The first kappa shape index (κ1) is 31.0. The van der Waals surface area contributed by atoms with Gasteiger partial charge in [0.25, 0.3) is 10.0 Å². The van der Waals surface area contributed by atoms with Crippen molar-refractivity contribution in [1.82, 2.24) is 10.2 Å². The van der Waals surface area contributed by atoms with Crippen molar-refractivity contribution in [2.75, 3.05) is 24.0 Å². The molecule has 0 radical (unpaired) electrons. The predicted molar refractivity (Wildman–Crippen MR) is 158 cm³/mol. The summed E-state index contributed by atoms with van der Waals surface area (Å²) in [7, 11) is -4.18. The number of amides is 2. The number of aryl methyl sites for hydroxylation is 1. The van der Waals surface area contributed by atoms with Gasteiger partial charge in [-0.05, 0) is 81.3 Å². The van der Waals surface area contributed by atoms with Gasteiger partial charge in [0.1, 0.15) is 18.3 Å². The highest BCUT2D eigenvalue weighted by atomic mass is 35.5. The van der Waals surface area contributed by atoms with Gasteiger partial charge in [-0.25, -0.2) is 8.42 Å². The Bertz CT molecular complexity index is 1380. The normalized spacial score (nSPS) is 11.9. The highest BCUT2D eigenvalue weighted by molar-refractivity contribution is 7.92. The van der Waals surface area contributed by atoms with Gasteiger partial charge in [0, 0.05) is 18.1 Å². The lowest BCUT2D eigenvalue weighted by Crippen LogP contribution is -2.51. The minimum Gasteiger partial charge on any atom is -0.494 e. The molecule has 0 aromatic heterocycles. The molecule has 3 aromatic rings. The van der Waals surface area contributed by atoms with Crippen molar-refractivity contribution in [3.05, 3.63) is 88.9 Å². The summed E-state index contributed by atoms with van der Waals surface area (Å²) >= 11 is 6.00. The van der Waals surface area contributed by atoms with E-state index in [9.17, 15) is 18.0 Å². The summed E-state index contributed by atoms with van der Waals surface area (Å²) in [5.74, 6) is -0.259. The molecule has 0 saturated heterocycles. The average molecular weight is 586 g/mol. The summed E-state index contributed by atoms with van der Waals surface area (Å²) in [6, 6.07) is 19.0. The third kappa shape index (κ3) is 7.99. The van der Waals surface area contributed by atoms with Crippen molar-refractivity contribution in [1.29, 1.82) is 0 Å². The number of ether oxygens (including phenoxy) is 1. The summed E-state index contributed by atoms with van der Waals surface area (Å²) in [6.45, 7) is 7.94. The van der Waals surface area contributed by atoms with Gasteiger partial charge in [0.15, 0.2) is 0 Å². The summed E-state index contributed by atoms with van der Waals surface area (Å²) < 4.78 is 34.3. The van der Waals surface area contributed by atoms with E-state index in [-0.39, 0.29) is 23.0 Å². The molecule has 8 nitrogen and oxygen atoms in total. The van der Waals surface area contributed by atoms with Gasteiger partial charge in [0.05, 0.1) is 17.2 Å². The molecule has 0 aliphatic heterocycles. The van der Waals surface area contributed by atoms with Crippen molar-refractivity contribution in [3.8, 4) is 5.75 Å². The van der Waals surface area contributed by atoms with Crippen LogP contribution < -0.4 is 14.4 Å². The van der Waals surface area contributed by atoms with Gasteiger partial charge < -0.3 is 15.0 Å². The van der Waals surface area contributed by atoms with Crippen LogP contribution in [0, 0.1) is 6.92 Å². The Hall–Kier alpha value is -3.56. The third-order valence-electron chi connectivity index (χ3n) is 6.31. The van der Waals surface area contributed by atoms with Crippen molar-refractivity contribution in [2.24, 2.45) is 0 Å². The van der Waals surface area contributed by atoms with Crippen molar-refractivity contribution >= 4 is 39.1 Å². The van der Waals surface area contributed by atoms with Crippen molar-refractivity contribution in [3.63, 3.8) is 0 Å². The topological polar surface area (TPSA) is 96.0 Å². The van der Waals surface area contributed by atoms with Crippen molar-refractivity contribution in [2.45, 2.75) is 51.6 Å². The molecular weight excluding hydrogens is 550 g/mol. The molecule has 0 bridgehead atoms. The molecule has 2 amide bonds. The highest BCUT2D eigenvalue weighted by Gasteiger charge is 2.32. The van der Waals surface area contributed by atoms with Crippen LogP contribution in [0.15, 0.2) is 77.7 Å². The number of nitrogens with zero attached hydrogens (tertiary/aromatic N) is 2. The Balaban J connectivity index is 2.01. The second kappa shape index (κ2) is 14.2. The summed E-state index contributed by atoms with van der Waals surface area (Å²) in [6.07, 6.45) is 0.745. The lowest BCUT2D eigenvalue weighted by Gasteiger charge is -2.32. The number of nitrogens with one attached hydrogen (secondary N) is 1. The fraction of sp³-hybridized carbons (Fsp3) is 0.333. The molecule has 0 fully saturated rings. The molecule has 0 heterocycles. The zero-order valence-corrected chi connectivity index (χ0v) is 24.8. The molecule has 40 heavy (non-hydrogen) atoms. The van der Waals surface area contributed by atoms with Gasteiger partial charge in [-0.2, -0.15) is 0 Å². The minimum absolute atomic E-state index is 0.0163. The van der Waals surface area contributed by atoms with E-state index in [0.717, 1.165) is 21.9 Å². The Morgan fingerprint density at radius 3 is 2.15 bits per heavy atom. The number of carbonyl (C=O) groups excluding carboxylic acids is 2. The number of rotatable bonds is 13. The quantitative estimate of drug-likeness (QED) is 0.298. The van der Waals surface area contributed by atoms with Gasteiger partial charge >= 0.3 is 0 Å². The molecule has 1 atom stereocenters. The van der Waals surface area contributed by atoms with Gasteiger partial charge in [-0.3, -0.25) is 13.9 Å². The van der Waals surface area contributed by atoms with E-state index in [4.69, 9.17) is 16.3 Å². The van der Waals surface area contributed by atoms with Gasteiger partial charge in [-0.1, -0.05) is 48.4 Å². The van der Waals surface area contributed by atoms with E-state index >= 15 is 0 Å². The van der Waals surface area contributed by atoms with Crippen LogP contribution in [0.1, 0.15) is 38.3 Å². The van der Waals surface area contributed by atoms with Crippen LogP contribution >= 0.6 is 11.6 Å². The number of halogens is 1. The van der Waals surface area contributed by atoms with Gasteiger partial charge in [-0.15, -0.1) is 0 Å². The van der Waals surface area contributed by atoms with Crippen molar-refractivity contribution < 1.29 is 22.7 Å². The van der Waals surface area contributed by atoms with Gasteiger partial charge in [0.2, 0.25) is 11.8 Å². The van der Waals surface area contributed by atoms with E-state index in [1.54, 1.807) is 31.2 Å². The van der Waals surface area contributed by atoms with E-state index in [2.05, 4.69) is 5.32 Å². The molecular formula is C30H36ClN3O5S. The Morgan fingerprint density at radius 1 is 0.950 bits per heavy atom. The zero-order valence-electron chi connectivity index (χ0n) is 23.3. The molecule has 0 aliphatic carbocycles. The standard InChI is InChI=1S/C30H36ClN3O5S/c1-5-19-32-30(36)23(4)33(20-24-9-7-22(3)8-10-24)29(35)21-34(26-13-15-27(16-14-26)39-6-2)40(37,38)28-17-11-25(31)12-18-28/h7-18,23H,5-6,19-21H2,1-4H3,(H,32,36). The molecule has 0 aliphatic rings. The number of benzene rings is 3. The third-order valence-corrected chi connectivity index (χ3v) is 8.35. The van der Waals surface area contributed by atoms with Crippen LogP contribution in [0.5, 0.6) is 5.75 Å². The fourth-order valence-electron chi connectivity index (χ4n) is 4.01. The zero-order chi connectivity index (χ0) is 29.3. The molecule has 0 spiro atoms. The molecule has 10 heteroatoms. The maximum absolute atomic E-state index is 13.9. The monoisotopic (exact) mass is 585 g/mol. The second-order valence-corrected chi connectivity index (χ2v) is 11.7. The number of hydrogen-bond acceptors (Lipinski definition) is 5. The number of anilines is 1. The lowest BCUT2D eigenvalue weighted by molar-refractivity contribution is -0.139. The number of carbonyl (C=O) groups is 2. The first-order valence-electron chi connectivity index (χ1n) is 13.2.